The topological polar surface area (TPSA) is 98.3 Å². The van der Waals surface area contributed by atoms with Gasteiger partial charge in [-0.15, -0.1) is 0 Å². The molecule has 2 aromatic rings. The van der Waals surface area contributed by atoms with Crippen LogP contribution in [0.5, 0.6) is 5.88 Å². The van der Waals surface area contributed by atoms with Gasteiger partial charge >= 0.3 is 5.69 Å². The van der Waals surface area contributed by atoms with Crippen molar-refractivity contribution in [2.24, 2.45) is 4.99 Å². The molecule has 0 bridgehead atoms. The SMILES string of the molecule is O=c1[nH]c(O)c(C=Nc2ccc(F)cc2F)c(=O)[nH]1. The van der Waals surface area contributed by atoms with Crippen LogP contribution in [0.3, 0.4) is 0 Å². The van der Waals surface area contributed by atoms with Crippen molar-refractivity contribution in [2.75, 3.05) is 0 Å². The van der Waals surface area contributed by atoms with E-state index in [4.69, 9.17) is 0 Å². The summed E-state index contributed by atoms with van der Waals surface area (Å²) >= 11 is 0. The van der Waals surface area contributed by atoms with Crippen LogP contribution in [-0.4, -0.2) is 21.3 Å². The number of benzene rings is 1. The molecule has 0 fully saturated rings. The summed E-state index contributed by atoms with van der Waals surface area (Å²) < 4.78 is 25.9. The highest BCUT2D eigenvalue weighted by Crippen LogP contribution is 2.18. The van der Waals surface area contributed by atoms with Gasteiger partial charge in [-0.3, -0.25) is 19.8 Å². The number of hydrogen-bond acceptors (Lipinski definition) is 4. The summed E-state index contributed by atoms with van der Waals surface area (Å²) in [5, 5.41) is 9.34. The zero-order valence-corrected chi connectivity index (χ0v) is 9.28. The Morgan fingerprint density at radius 1 is 1.21 bits per heavy atom. The number of aromatic amines is 2. The Balaban J connectivity index is 2.44. The summed E-state index contributed by atoms with van der Waals surface area (Å²) in [6, 6.07) is 2.69. The van der Waals surface area contributed by atoms with Gasteiger partial charge in [0.1, 0.15) is 11.4 Å². The zero-order valence-electron chi connectivity index (χ0n) is 9.28. The molecule has 0 unspecified atom stereocenters. The molecular formula is C11H7F2N3O3. The van der Waals surface area contributed by atoms with Crippen LogP contribution in [0.1, 0.15) is 5.56 Å². The van der Waals surface area contributed by atoms with Crippen LogP contribution in [0.4, 0.5) is 14.5 Å². The number of nitrogens with one attached hydrogen (secondary N) is 2. The van der Waals surface area contributed by atoms with Gasteiger partial charge in [-0.05, 0) is 12.1 Å². The van der Waals surface area contributed by atoms with Crippen molar-refractivity contribution >= 4 is 11.9 Å². The number of aromatic hydroxyl groups is 1. The lowest BCUT2D eigenvalue weighted by Crippen LogP contribution is -2.24. The molecule has 0 aliphatic heterocycles. The third-order valence-electron chi connectivity index (χ3n) is 2.20. The molecule has 19 heavy (non-hydrogen) atoms. The maximum Gasteiger partial charge on any atom is 0.328 e. The first kappa shape index (κ1) is 12.7. The second-order valence-corrected chi connectivity index (χ2v) is 3.52. The number of H-pyrrole nitrogens is 2. The van der Waals surface area contributed by atoms with E-state index in [1.165, 1.54) is 0 Å². The Hall–Kier alpha value is -2.77. The van der Waals surface area contributed by atoms with Crippen molar-refractivity contribution < 1.29 is 13.9 Å². The van der Waals surface area contributed by atoms with Gasteiger partial charge in [0.15, 0.2) is 5.82 Å². The third kappa shape index (κ3) is 2.73. The van der Waals surface area contributed by atoms with Crippen molar-refractivity contribution in [1.29, 1.82) is 0 Å². The Kier molecular flexibility index (Phi) is 3.23. The van der Waals surface area contributed by atoms with Gasteiger partial charge < -0.3 is 5.11 Å². The monoisotopic (exact) mass is 267 g/mol. The van der Waals surface area contributed by atoms with Gasteiger partial charge in [-0.25, -0.2) is 13.6 Å². The van der Waals surface area contributed by atoms with E-state index in [1.807, 2.05) is 9.97 Å². The summed E-state index contributed by atoms with van der Waals surface area (Å²) in [6.45, 7) is 0. The fourth-order valence-corrected chi connectivity index (χ4v) is 1.32. The molecule has 0 amide bonds. The number of aliphatic imine (C=N–C) groups is 1. The molecule has 8 heteroatoms. The minimum absolute atomic E-state index is 0.216. The van der Waals surface area contributed by atoms with Gasteiger partial charge in [0.25, 0.3) is 5.56 Å². The Morgan fingerprint density at radius 2 is 1.95 bits per heavy atom. The van der Waals surface area contributed by atoms with Gasteiger partial charge in [0.05, 0.1) is 5.69 Å². The minimum Gasteiger partial charge on any atom is -0.494 e. The highest BCUT2D eigenvalue weighted by molar-refractivity contribution is 5.83. The predicted molar refractivity (Wildman–Crippen MR) is 63.0 cm³/mol. The van der Waals surface area contributed by atoms with Crippen LogP contribution < -0.4 is 11.2 Å². The molecule has 3 N–H and O–H groups in total. The summed E-state index contributed by atoms with van der Waals surface area (Å²) in [4.78, 5) is 29.6. The van der Waals surface area contributed by atoms with Gasteiger partial charge in [0.2, 0.25) is 5.88 Å². The molecule has 2 rings (SSSR count). The van der Waals surface area contributed by atoms with E-state index in [-0.39, 0.29) is 11.3 Å². The molecule has 1 aromatic carbocycles. The Bertz CT molecular complexity index is 765. The van der Waals surface area contributed by atoms with Crippen LogP contribution >= 0.6 is 0 Å². The molecule has 0 radical (unpaired) electrons. The largest absolute Gasteiger partial charge is 0.494 e. The third-order valence-corrected chi connectivity index (χ3v) is 2.20. The number of nitrogens with zero attached hydrogens (tertiary/aromatic N) is 1. The first-order valence-electron chi connectivity index (χ1n) is 5.02. The quantitative estimate of drug-likeness (QED) is 0.702. The molecule has 0 saturated heterocycles. The summed E-state index contributed by atoms with van der Waals surface area (Å²) in [5.41, 5.74) is -2.32. The van der Waals surface area contributed by atoms with Crippen LogP contribution in [0.2, 0.25) is 0 Å². The lowest BCUT2D eigenvalue weighted by atomic mass is 10.3. The van der Waals surface area contributed by atoms with E-state index in [0.29, 0.717) is 6.07 Å². The summed E-state index contributed by atoms with van der Waals surface area (Å²) in [6.07, 6.45) is 0.862. The number of aromatic nitrogens is 2. The Labute approximate surface area is 104 Å². The highest BCUT2D eigenvalue weighted by atomic mass is 19.1. The second kappa shape index (κ2) is 4.84. The van der Waals surface area contributed by atoms with Gasteiger partial charge in [-0.1, -0.05) is 0 Å². The molecule has 1 aromatic heterocycles. The fourth-order valence-electron chi connectivity index (χ4n) is 1.32. The van der Waals surface area contributed by atoms with E-state index in [1.54, 1.807) is 0 Å². The molecule has 98 valence electrons. The summed E-state index contributed by atoms with van der Waals surface area (Å²) in [7, 11) is 0. The predicted octanol–water partition coefficient (Wildman–Crippen LogP) is 0.798. The van der Waals surface area contributed by atoms with E-state index in [2.05, 4.69) is 4.99 Å². The van der Waals surface area contributed by atoms with Crippen molar-refractivity contribution in [3.8, 4) is 5.88 Å². The number of rotatable bonds is 2. The normalized spacial score (nSPS) is 11.1. The molecular weight excluding hydrogens is 260 g/mol. The van der Waals surface area contributed by atoms with E-state index >= 15 is 0 Å². The van der Waals surface area contributed by atoms with Crippen molar-refractivity contribution in [3.05, 3.63) is 56.2 Å². The van der Waals surface area contributed by atoms with Crippen molar-refractivity contribution in [1.82, 2.24) is 9.97 Å². The molecule has 0 saturated carbocycles. The maximum atomic E-state index is 13.3. The average Bonchev–Trinajstić information content (AvgIpc) is 2.30. The number of halogens is 2. The molecule has 6 nitrogen and oxygen atoms in total. The first-order valence-corrected chi connectivity index (χ1v) is 5.02. The lowest BCUT2D eigenvalue weighted by molar-refractivity contribution is 0.447. The summed E-state index contributed by atoms with van der Waals surface area (Å²) in [5.74, 6) is -2.38. The van der Waals surface area contributed by atoms with Crippen LogP contribution in [0.25, 0.3) is 0 Å². The lowest BCUT2D eigenvalue weighted by Gasteiger charge is -1.98. The van der Waals surface area contributed by atoms with E-state index < -0.39 is 28.8 Å². The van der Waals surface area contributed by atoms with Crippen molar-refractivity contribution in [3.63, 3.8) is 0 Å². The van der Waals surface area contributed by atoms with Gasteiger partial charge in [-0.2, -0.15) is 0 Å². The standard InChI is InChI=1S/C11H7F2N3O3/c12-5-1-2-8(7(13)3-5)14-4-6-9(17)15-11(19)16-10(6)18/h1-4H,(H3,15,16,17,18,19). The molecule has 0 spiro atoms. The van der Waals surface area contributed by atoms with Crippen molar-refractivity contribution in [2.45, 2.75) is 0 Å². The smallest absolute Gasteiger partial charge is 0.328 e. The second-order valence-electron chi connectivity index (χ2n) is 3.52. The van der Waals surface area contributed by atoms with E-state index in [0.717, 1.165) is 18.3 Å². The highest BCUT2D eigenvalue weighted by Gasteiger charge is 2.06. The fraction of sp³-hybridized carbons (Fsp3) is 0. The van der Waals surface area contributed by atoms with Crippen LogP contribution in [0, 0.1) is 11.6 Å². The van der Waals surface area contributed by atoms with E-state index in [9.17, 15) is 23.5 Å². The molecule has 1 heterocycles. The maximum absolute atomic E-state index is 13.3. The molecule has 0 aliphatic carbocycles. The van der Waals surface area contributed by atoms with Gasteiger partial charge in [0, 0.05) is 12.3 Å². The minimum atomic E-state index is -0.920. The first-order chi connectivity index (χ1) is 8.97. The number of hydrogen-bond donors (Lipinski definition) is 3. The molecule has 0 aliphatic rings. The Morgan fingerprint density at radius 3 is 2.58 bits per heavy atom. The molecule has 0 atom stereocenters. The van der Waals surface area contributed by atoms with Crippen LogP contribution in [-0.2, 0) is 0 Å². The average molecular weight is 267 g/mol. The zero-order chi connectivity index (χ0) is 14.0. The van der Waals surface area contributed by atoms with Crippen LogP contribution in [0.15, 0.2) is 32.8 Å².